The fourth-order valence-electron chi connectivity index (χ4n) is 1.46. The molecule has 74 valence electrons. The molecular weight excluding hydrogens is 218 g/mol. The van der Waals surface area contributed by atoms with E-state index in [1.165, 1.54) is 6.33 Å². The number of hydrogen-bond donors (Lipinski definition) is 0. The average molecular weight is 222 g/mol. The summed E-state index contributed by atoms with van der Waals surface area (Å²) in [5, 5.41) is 7.87. The van der Waals surface area contributed by atoms with Crippen molar-refractivity contribution in [2.75, 3.05) is 0 Å². The summed E-state index contributed by atoms with van der Waals surface area (Å²) < 4.78 is 6.60. The summed E-state index contributed by atoms with van der Waals surface area (Å²) in [6, 6.07) is 4.98. The lowest BCUT2D eigenvalue weighted by molar-refractivity contribution is 0.560. The highest BCUT2D eigenvalue weighted by Crippen LogP contribution is 2.18. The topological polar surface area (TPSA) is 60.4 Å². The van der Waals surface area contributed by atoms with E-state index in [9.17, 15) is 4.79 Å². The van der Waals surface area contributed by atoms with Gasteiger partial charge in [0, 0.05) is 5.02 Å². The largest absolute Gasteiger partial charge is 0.418 e. The van der Waals surface area contributed by atoms with E-state index >= 15 is 0 Å². The van der Waals surface area contributed by atoms with Crippen molar-refractivity contribution in [1.82, 2.24) is 14.6 Å². The van der Waals surface area contributed by atoms with Crippen LogP contribution in [0, 0.1) is 0 Å². The van der Waals surface area contributed by atoms with Crippen LogP contribution in [-0.2, 0) is 0 Å². The number of rotatable bonds is 0. The van der Waals surface area contributed by atoms with Gasteiger partial charge in [-0.1, -0.05) is 11.6 Å². The van der Waals surface area contributed by atoms with Crippen molar-refractivity contribution in [2.45, 2.75) is 0 Å². The maximum atomic E-state index is 11.4. The Hall–Kier alpha value is -1.88. The second-order valence-corrected chi connectivity index (χ2v) is 3.46. The first kappa shape index (κ1) is 8.43. The van der Waals surface area contributed by atoms with Gasteiger partial charge in [0.05, 0.1) is 5.52 Å². The monoisotopic (exact) mass is 221 g/mol. The van der Waals surface area contributed by atoms with Crippen LogP contribution in [-0.4, -0.2) is 14.6 Å². The molecule has 0 atom stereocenters. The highest BCUT2D eigenvalue weighted by molar-refractivity contribution is 6.31. The van der Waals surface area contributed by atoms with Gasteiger partial charge < -0.3 is 4.42 Å². The van der Waals surface area contributed by atoms with Crippen molar-refractivity contribution in [3.05, 3.63) is 40.0 Å². The Kier molecular flexibility index (Phi) is 1.58. The molecule has 0 amide bonds. The third-order valence-electron chi connectivity index (χ3n) is 2.11. The summed E-state index contributed by atoms with van der Waals surface area (Å²) >= 11 is 5.85. The van der Waals surface area contributed by atoms with Gasteiger partial charge in [-0.05, 0) is 18.2 Å². The van der Waals surface area contributed by atoms with Gasteiger partial charge in [0.1, 0.15) is 6.33 Å². The van der Waals surface area contributed by atoms with E-state index in [1.54, 1.807) is 22.6 Å². The first-order chi connectivity index (χ1) is 7.25. The Balaban J connectivity index is 2.67. The quantitative estimate of drug-likeness (QED) is 0.577. The predicted octanol–water partition coefficient (Wildman–Crippen LogP) is 1.49. The van der Waals surface area contributed by atoms with Crippen molar-refractivity contribution in [2.24, 2.45) is 0 Å². The third-order valence-corrected chi connectivity index (χ3v) is 2.35. The second kappa shape index (κ2) is 2.80. The van der Waals surface area contributed by atoms with Crippen LogP contribution in [0.4, 0.5) is 0 Å². The van der Waals surface area contributed by atoms with E-state index in [0.717, 1.165) is 0 Å². The summed E-state index contributed by atoms with van der Waals surface area (Å²) in [7, 11) is 0. The van der Waals surface area contributed by atoms with Gasteiger partial charge >= 0.3 is 5.63 Å². The lowest BCUT2D eigenvalue weighted by Crippen LogP contribution is -2.04. The van der Waals surface area contributed by atoms with E-state index in [-0.39, 0.29) is 5.65 Å². The lowest BCUT2D eigenvalue weighted by atomic mass is 10.3. The van der Waals surface area contributed by atoms with Gasteiger partial charge in [0.15, 0.2) is 5.58 Å². The molecule has 3 rings (SSSR count). The lowest BCUT2D eigenvalue weighted by Gasteiger charge is -1.99. The van der Waals surface area contributed by atoms with Crippen molar-refractivity contribution in [3.63, 3.8) is 0 Å². The fourth-order valence-corrected chi connectivity index (χ4v) is 1.63. The molecule has 15 heavy (non-hydrogen) atoms. The molecule has 5 nitrogen and oxygen atoms in total. The van der Waals surface area contributed by atoms with E-state index in [2.05, 4.69) is 10.2 Å². The van der Waals surface area contributed by atoms with Gasteiger partial charge in [-0.3, -0.25) is 4.40 Å². The van der Waals surface area contributed by atoms with Gasteiger partial charge in [0.25, 0.3) is 0 Å². The first-order valence-electron chi connectivity index (χ1n) is 4.18. The number of benzene rings is 1. The number of nitrogens with zero attached hydrogens (tertiary/aromatic N) is 3. The van der Waals surface area contributed by atoms with Crippen LogP contribution in [0.2, 0.25) is 5.02 Å². The van der Waals surface area contributed by atoms with E-state index < -0.39 is 5.63 Å². The Morgan fingerprint density at radius 1 is 1.40 bits per heavy atom. The molecule has 0 aliphatic carbocycles. The molecule has 1 aromatic carbocycles. The molecule has 0 aliphatic rings. The SMILES string of the molecule is O=c1oc2ccc(Cl)cc2n2cnnc12. The maximum Gasteiger partial charge on any atom is 0.382 e. The Morgan fingerprint density at radius 3 is 3.13 bits per heavy atom. The van der Waals surface area contributed by atoms with Gasteiger partial charge in [-0.15, -0.1) is 10.2 Å². The maximum absolute atomic E-state index is 11.4. The van der Waals surface area contributed by atoms with Gasteiger partial charge in [-0.2, -0.15) is 0 Å². The predicted molar refractivity (Wildman–Crippen MR) is 54.0 cm³/mol. The molecule has 0 radical (unpaired) electrons. The fraction of sp³-hybridized carbons (Fsp3) is 0. The molecule has 0 saturated carbocycles. The molecule has 0 aliphatic heterocycles. The summed E-state index contributed by atoms with van der Waals surface area (Å²) in [6.07, 6.45) is 1.45. The molecule has 0 fully saturated rings. The Labute approximate surface area is 87.9 Å². The smallest absolute Gasteiger partial charge is 0.382 e. The molecule has 0 unspecified atom stereocenters. The second-order valence-electron chi connectivity index (χ2n) is 3.03. The number of aromatic nitrogens is 3. The molecule has 2 aromatic heterocycles. The molecule has 0 N–H and O–H groups in total. The van der Waals surface area contributed by atoms with Crippen molar-refractivity contribution in [3.8, 4) is 0 Å². The highest BCUT2D eigenvalue weighted by Gasteiger charge is 2.08. The third kappa shape index (κ3) is 1.13. The minimum atomic E-state index is -0.512. The summed E-state index contributed by atoms with van der Waals surface area (Å²) in [5.74, 6) is 0. The molecule has 0 saturated heterocycles. The normalized spacial score (nSPS) is 11.3. The minimum Gasteiger partial charge on any atom is -0.418 e. The molecule has 6 heteroatoms. The number of fused-ring (bicyclic) bond motifs is 3. The number of halogens is 1. The molecule has 3 aromatic rings. The summed E-state index contributed by atoms with van der Waals surface area (Å²) in [4.78, 5) is 11.4. The van der Waals surface area contributed by atoms with Crippen molar-refractivity contribution in [1.29, 1.82) is 0 Å². The van der Waals surface area contributed by atoms with Crippen LogP contribution in [0.25, 0.3) is 16.7 Å². The van der Waals surface area contributed by atoms with Crippen LogP contribution >= 0.6 is 11.6 Å². The van der Waals surface area contributed by atoms with Gasteiger partial charge in [-0.25, -0.2) is 4.79 Å². The van der Waals surface area contributed by atoms with E-state index in [4.69, 9.17) is 16.0 Å². The van der Waals surface area contributed by atoms with Crippen molar-refractivity contribution >= 4 is 28.3 Å². The summed E-state index contributed by atoms with van der Waals surface area (Å²) in [5.41, 5.74) is 0.769. The highest BCUT2D eigenvalue weighted by atomic mass is 35.5. The molecular formula is C9H4ClN3O2. The Morgan fingerprint density at radius 2 is 2.27 bits per heavy atom. The summed E-state index contributed by atoms with van der Waals surface area (Å²) in [6.45, 7) is 0. The first-order valence-corrected chi connectivity index (χ1v) is 4.55. The average Bonchev–Trinajstić information content (AvgIpc) is 2.69. The van der Waals surface area contributed by atoms with E-state index in [1.807, 2.05) is 0 Å². The molecule has 2 heterocycles. The van der Waals surface area contributed by atoms with Crippen LogP contribution in [0.3, 0.4) is 0 Å². The molecule has 0 spiro atoms. The zero-order valence-corrected chi connectivity index (χ0v) is 8.10. The zero-order valence-electron chi connectivity index (χ0n) is 7.35. The standard InChI is InChI=1S/C9H4ClN3O2/c10-5-1-2-7-6(3-5)13-4-11-12-8(13)9(14)15-7/h1-4H. The van der Waals surface area contributed by atoms with Crippen LogP contribution in [0.5, 0.6) is 0 Å². The van der Waals surface area contributed by atoms with Crippen LogP contribution in [0.1, 0.15) is 0 Å². The van der Waals surface area contributed by atoms with Crippen LogP contribution in [0.15, 0.2) is 33.7 Å². The Bertz CT molecular complexity index is 716. The zero-order chi connectivity index (χ0) is 10.4. The van der Waals surface area contributed by atoms with Crippen molar-refractivity contribution < 1.29 is 4.42 Å². The van der Waals surface area contributed by atoms with Gasteiger partial charge in [0.2, 0.25) is 5.65 Å². The van der Waals surface area contributed by atoms with E-state index in [0.29, 0.717) is 16.1 Å². The minimum absolute atomic E-state index is 0.157. The number of hydrogen-bond acceptors (Lipinski definition) is 4. The van der Waals surface area contributed by atoms with Crippen LogP contribution < -0.4 is 5.63 Å². The molecule has 0 bridgehead atoms.